The van der Waals surface area contributed by atoms with Gasteiger partial charge in [-0.05, 0) is 30.6 Å². The van der Waals surface area contributed by atoms with Crippen molar-refractivity contribution < 1.29 is 9.90 Å². The number of hydrogen-bond donors (Lipinski definition) is 1. The van der Waals surface area contributed by atoms with E-state index in [-0.39, 0.29) is 5.57 Å². The van der Waals surface area contributed by atoms with E-state index in [1.807, 2.05) is 0 Å². The molecule has 0 radical (unpaired) electrons. The zero-order chi connectivity index (χ0) is 9.84. The van der Waals surface area contributed by atoms with Gasteiger partial charge < -0.3 is 5.11 Å². The fraction of sp³-hybridized carbons (Fsp3) is 0.125. The molecule has 0 bridgehead atoms. The molecule has 1 rings (SSSR count). The van der Waals surface area contributed by atoms with Crippen LogP contribution in [0.4, 0.5) is 0 Å². The molecule has 1 heterocycles. The first kappa shape index (κ1) is 9.42. The van der Waals surface area contributed by atoms with Gasteiger partial charge in [-0.2, -0.15) is 9.64 Å². The lowest BCUT2D eigenvalue weighted by molar-refractivity contribution is -0.132. The Morgan fingerprint density at radius 1 is 1.85 bits per heavy atom. The summed E-state index contributed by atoms with van der Waals surface area (Å²) < 4.78 is 3.96. The summed E-state index contributed by atoms with van der Waals surface area (Å²) in [4.78, 5) is 11.1. The van der Waals surface area contributed by atoms with Gasteiger partial charge in [0.25, 0.3) is 0 Å². The van der Waals surface area contributed by atoms with Gasteiger partial charge in [-0.15, -0.1) is 0 Å². The highest BCUT2D eigenvalue weighted by atomic mass is 32.1. The van der Waals surface area contributed by atoms with E-state index in [4.69, 9.17) is 10.4 Å². The van der Waals surface area contributed by atoms with Gasteiger partial charge in [0, 0.05) is 4.88 Å². The zero-order valence-electron chi connectivity index (χ0n) is 6.81. The van der Waals surface area contributed by atoms with Crippen molar-refractivity contribution in [1.29, 1.82) is 5.26 Å². The van der Waals surface area contributed by atoms with Gasteiger partial charge in [-0.25, -0.2) is 4.79 Å². The minimum absolute atomic E-state index is 0.274. The summed E-state index contributed by atoms with van der Waals surface area (Å²) in [5, 5.41) is 17.0. The standard InChI is InChI=1S/C8H6N2O2S/c1-5-2-7(13-10-5)3-6(4-9)8(11)12/h2-3H,1H3,(H,11,12)/b6-3-. The largest absolute Gasteiger partial charge is 0.477 e. The molecule has 0 atom stereocenters. The van der Waals surface area contributed by atoms with Gasteiger partial charge in [0.15, 0.2) is 0 Å². The van der Waals surface area contributed by atoms with Crippen LogP contribution in [-0.4, -0.2) is 15.4 Å². The van der Waals surface area contributed by atoms with E-state index in [0.717, 1.165) is 5.69 Å². The van der Waals surface area contributed by atoms with Crippen molar-refractivity contribution in [2.24, 2.45) is 0 Å². The van der Waals surface area contributed by atoms with Gasteiger partial charge in [-0.3, -0.25) is 0 Å². The Morgan fingerprint density at radius 3 is 2.92 bits per heavy atom. The topological polar surface area (TPSA) is 74.0 Å². The maximum Gasteiger partial charge on any atom is 0.346 e. The van der Waals surface area contributed by atoms with Crippen LogP contribution < -0.4 is 0 Å². The summed E-state index contributed by atoms with van der Waals surface area (Å²) in [6.45, 7) is 1.81. The summed E-state index contributed by atoms with van der Waals surface area (Å²) >= 11 is 1.17. The maximum absolute atomic E-state index is 10.4. The fourth-order valence-corrected chi connectivity index (χ4v) is 1.43. The molecule has 0 aromatic carbocycles. The smallest absolute Gasteiger partial charge is 0.346 e. The molecule has 0 aliphatic rings. The van der Waals surface area contributed by atoms with Crippen molar-refractivity contribution in [2.75, 3.05) is 0 Å². The first-order valence-electron chi connectivity index (χ1n) is 3.42. The maximum atomic E-state index is 10.4. The number of aromatic nitrogens is 1. The van der Waals surface area contributed by atoms with Crippen LogP contribution in [0.2, 0.25) is 0 Å². The number of carbonyl (C=O) groups is 1. The van der Waals surface area contributed by atoms with Crippen molar-refractivity contribution in [3.63, 3.8) is 0 Å². The number of aryl methyl sites for hydroxylation is 1. The molecular weight excluding hydrogens is 188 g/mol. The second kappa shape index (κ2) is 3.83. The molecule has 0 aliphatic heterocycles. The minimum atomic E-state index is -1.21. The molecule has 66 valence electrons. The number of hydrogen-bond acceptors (Lipinski definition) is 4. The van der Waals surface area contributed by atoms with E-state index in [0.29, 0.717) is 4.88 Å². The van der Waals surface area contributed by atoms with E-state index in [2.05, 4.69) is 4.37 Å². The molecule has 1 N–H and O–H groups in total. The average molecular weight is 194 g/mol. The Labute approximate surface area is 78.9 Å². The molecule has 4 nitrogen and oxygen atoms in total. The first-order chi connectivity index (χ1) is 6.13. The molecule has 1 aromatic heterocycles. The predicted octanol–water partition coefficient (Wildman–Crippen LogP) is 1.44. The summed E-state index contributed by atoms with van der Waals surface area (Å²) in [7, 11) is 0. The zero-order valence-corrected chi connectivity index (χ0v) is 7.63. The monoisotopic (exact) mass is 194 g/mol. The Hall–Kier alpha value is -1.67. The molecular formula is C8H6N2O2S. The van der Waals surface area contributed by atoms with Crippen LogP contribution >= 0.6 is 11.5 Å². The normalized spacial score (nSPS) is 10.9. The summed E-state index contributed by atoms with van der Waals surface area (Å²) in [6, 6.07) is 3.33. The molecule has 0 amide bonds. The van der Waals surface area contributed by atoms with Gasteiger partial charge >= 0.3 is 5.97 Å². The molecule has 5 heteroatoms. The Morgan fingerprint density at radius 2 is 2.54 bits per heavy atom. The van der Waals surface area contributed by atoms with Crippen LogP contribution in [0, 0.1) is 18.3 Å². The molecule has 0 fully saturated rings. The van der Waals surface area contributed by atoms with Crippen LogP contribution in [0.25, 0.3) is 6.08 Å². The molecule has 0 aliphatic carbocycles. The van der Waals surface area contributed by atoms with Gasteiger partial charge in [-0.1, -0.05) is 0 Å². The third-order valence-corrected chi connectivity index (χ3v) is 2.11. The molecule has 0 spiro atoms. The fourth-order valence-electron chi connectivity index (χ4n) is 0.735. The van der Waals surface area contributed by atoms with Gasteiger partial charge in [0.2, 0.25) is 0 Å². The van der Waals surface area contributed by atoms with Crippen molar-refractivity contribution in [3.05, 3.63) is 22.2 Å². The number of carboxylic acid groups (broad SMARTS) is 1. The van der Waals surface area contributed by atoms with Crippen LogP contribution in [0.5, 0.6) is 0 Å². The lowest BCUT2D eigenvalue weighted by Crippen LogP contribution is -1.96. The average Bonchev–Trinajstić information content (AvgIpc) is 2.46. The Kier molecular flexibility index (Phi) is 2.77. The first-order valence-corrected chi connectivity index (χ1v) is 4.19. The van der Waals surface area contributed by atoms with Crippen LogP contribution in [0.15, 0.2) is 11.6 Å². The van der Waals surface area contributed by atoms with E-state index >= 15 is 0 Å². The lowest BCUT2D eigenvalue weighted by atomic mass is 10.2. The molecule has 13 heavy (non-hydrogen) atoms. The van der Waals surface area contributed by atoms with E-state index in [1.165, 1.54) is 17.6 Å². The van der Waals surface area contributed by atoms with E-state index < -0.39 is 5.97 Å². The highest BCUT2D eigenvalue weighted by Gasteiger charge is 2.06. The molecule has 0 saturated carbocycles. The number of nitrogens with zero attached hydrogens (tertiary/aromatic N) is 2. The molecule has 0 saturated heterocycles. The van der Waals surface area contributed by atoms with Crippen LogP contribution in [-0.2, 0) is 4.79 Å². The van der Waals surface area contributed by atoms with Gasteiger partial charge in [0.1, 0.15) is 11.6 Å². The summed E-state index contributed by atoms with van der Waals surface area (Å²) in [5.41, 5.74) is 0.544. The van der Waals surface area contributed by atoms with Crippen molar-refractivity contribution in [1.82, 2.24) is 4.37 Å². The minimum Gasteiger partial charge on any atom is -0.477 e. The van der Waals surface area contributed by atoms with E-state index in [1.54, 1.807) is 19.1 Å². The van der Waals surface area contributed by atoms with Crippen LogP contribution in [0.1, 0.15) is 10.6 Å². The number of carboxylic acids is 1. The third-order valence-electron chi connectivity index (χ3n) is 1.28. The Bertz CT molecular complexity index is 401. The highest BCUT2D eigenvalue weighted by molar-refractivity contribution is 7.06. The highest BCUT2D eigenvalue weighted by Crippen LogP contribution is 2.13. The number of aliphatic carboxylic acids is 1. The number of rotatable bonds is 2. The summed E-state index contributed by atoms with van der Waals surface area (Å²) in [5.74, 6) is -1.21. The molecule has 1 aromatic rings. The molecule has 0 unspecified atom stereocenters. The Balaban J connectivity index is 3.00. The van der Waals surface area contributed by atoms with Crippen molar-refractivity contribution in [2.45, 2.75) is 6.92 Å². The van der Waals surface area contributed by atoms with Crippen molar-refractivity contribution in [3.8, 4) is 6.07 Å². The quantitative estimate of drug-likeness (QED) is 0.571. The summed E-state index contributed by atoms with van der Waals surface area (Å²) in [6.07, 6.45) is 1.31. The van der Waals surface area contributed by atoms with Crippen LogP contribution in [0.3, 0.4) is 0 Å². The van der Waals surface area contributed by atoms with Crippen molar-refractivity contribution >= 4 is 23.6 Å². The number of nitriles is 1. The second-order valence-electron chi connectivity index (χ2n) is 2.35. The third kappa shape index (κ3) is 2.39. The second-order valence-corrected chi connectivity index (χ2v) is 3.18. The van der Waals surface area contributed by atoms with Gasteiger partial charge in [0.05, 0.1) is 5.69 Å². The van der Waals surface area contributed by atoms with E-state index in [9.17, 15) is 4.79 Å². The SMILES string of the molecule is Cc1cc(/C=C(/C#N)C(=O)O)sn1. The predicted molar refractivity (Wildman–Crippen MR) is 48.1 cm³/mol. The lowest BCUT2D eigenvalue weighted by Gasteiger charge is -1.86.